The standard InChI is InChI=1S/C16H24N2O/c1-4-10-17-14(12(3)5-2)11-16-18-13-8-6-7-9-15(13)19-16/h6-9,12,14,17H,4-5,10-11H2,1-3H3. The maximum absolute atomic E-state index is 5.82. The van der Waals surface area contributed by atoms with Crippen LogP contribution in [0.2, 0.25) is 0 Å². The lowest BCUT2D eigenvalue weighted by molar-refractivity contribution is 0.341. The number of hydrogen-bond donors (Lipinski definition) is 1. The molecule has 0 aliphatic carbocycles. The molecule has 1 aromatic carbocycles. The molecule has 0 fully saturated rings. The lowest BCUT2D eigenvalue weighted by Gasteiger charge is -2.22. The van der Waals surface area contributed by atoms with Gasteiger partial charge in [-0.25, -0.2) is 4.98 Å². The number of benzene rings is 1. The zero-order chi connectivity index (χ0) is 13.7. The smallest absolute Gasteiger partial charge is 0.197 e. The highest BCUT2D eigenvalue weighted by Gasteiger charge is 2.18. The summed E-state index contributed by atoms with van der Waals surface area (Å²) in [5, 5.41) is 3.61. The molecule has 3 nitrogen and oxygen atoms in total. The highest BCUT2D eigenvalue weighted by atomic mass is 16.3. The van der Waals surface area contributed by atoms with Crippen LogP contribution < -0.4 is 5.32 Å². The molecule has 0 aliphatic heterocycles. The van der Waals surface area contributed by atoms with Gasteiger partial charge in [0.2, 0.25) is 0 Å². The molecule has 104 valence electrons. The minimum absolute atomic E-state index is 0.443. The van der Waals surface area contributed by atoms with E-state index >= 15 is 0 Å². The SMILES string of the molecule is CCCNC(Cc1nc2ccccc2o1)C(C)CC. The van der Waals surface area contributed by atoms with Gasteiger partial charge in [0.1, 0.15) is 5.52 Å². The number of nitrogens with one attached hydrogen (secondary N) is 1. The molecule has 2 atom stereocenters. The fourth-order valence-electron chi connectivity index (χ4n) is 2.28. The van der Waals surface area contributed by atoms with Crippen LogP contribution in [0.5, 0.6) is 0 Å². The van der Waals surface area contributed by atoms with Crippen molar-refractivity contribution in [3.63, 3.8) is 0 Å². The second kappa shape index (κ2) is 6.71. The van der Waals surface area contributed by atoms with Gasteiger partial charge >= 0.3 is 0 Å². The van der Waals surface area contributed by atoms with E-state index < -0.39 is 0 Å². The Morgan fingerprint density at radius 2 is 2.05 bits per heavy atom. The average molecular weight is 260 g/mol. The summed E-state index contributed by atoms with van der Waals surface area (Å²) in [5.74, 6) is 1.47. The molecule has 3 heteroatoms. The Balaban J connectivity index is 2.10. The van der Waals surface area contributed by atoms with E-state index in [2.05, 4.69) is 31.1 Å². The number of oxazole rings is 1. The first-order chi connectivity index (χ1) is 9.24. The van der Waals surface area contributed by atoms with Crippen molar-refractivity contribution in [2.75, 3.05) is 6.54 Å². The summed E-state index contributed by atoms with van der Waals surface area (Å²) in [7, 11) is 0. The highest BCUT2D eigenvalue weighted by Crippen LogP contribution is 2.18. The van der Waals surface area contributed by atoms with Crippen LogP contribution in [-0.2, 0) is 6.42 Å². The van der Waals surface area contributed by atoms with Gasteiger partial charge < -0.3 is 9.73 Å². The van der Waals surface area contributed by atoms with Crippen molar-refractivity contribution in [1.29, 1.82) is 0 Å². The number of rotatable bonds is 7. The summed E-state index contributed by atoms with van der Waals surface area (Å²) in [6.45, 7) is 7.77. The topological polar surface area (TPSA) is 38.1 Å². The van der Waals surface area contributed by atoms with Crippen LogP contribution in [-0.4, -0.2) is 17.6 Å². The number of aromatic nitrogens is 1. The number of fused-ring (bicyclic) bond motifs is 1. The van der Waals surface area contributed by atoms with E-state index in [-0.39, 0.29) is 0 Å². The summed E-state index contributed by atoms with van der Waals surface area (Å²) < 4.78 is 5.82. The maximum Gasteiger partial charge on any atom is 0.197 e. The van der Waals surface area contributed by atoms with Crippen molar-refractivity contribution in [3.8, 4) is 0 Å². The van der Waals surface area contributed by atoms with Crippen molar-refractivity contribution < 1.29 is 4.42 Å². The van der Waals surface area contributed by atoms with Gasteiger partial charge in [0.15, 0.2) is 11.5 Å². The third kappa shape index (κ3) is 3.57. The molecule has 0 bridgehead atoms. The van der Waals surface area contributed by atoms with Gasteiger partial charge in [-0.05, 0) is 31.0 Å². The van der Waals surface area contributed by atoms with E-state index in [4.69, 9.17) is 4.42 Å². The van der Waals surface area contributed by atoms with Crippen LogP contribution in [0.15, 0.2) is 28.7 Å². The van der Waals surface area contributed by atoms with Crippen LogP contribution in [0.3, 0.4) is 0 Å². The Morgan fingerprint density at radius 3 is 2.74 bits per heavy atom. The summed E-state index contributed by atoms with van der Waals surface area (Å²) in [5.41, 5.74) is 1.84. The molecule has 0 radical (unpaired) electrons. The third-order valence-corrected chi connectivity index (χ3v) is 3.72. The van der Waals surface area contributed by atoms with E-state index in [1.807, 2.05) is 24.3 Å². The van der Waals surface area contributed by atoms with Crippen molar-refractivity contribution in [2.45, 2.75) is 46.1 Å². The molecule has 0 aliphatic rings. The van der Waals surface area contributed by atoms with Crippen molar-refractivity contribution >= 4 is 11.1 Å². The molecule has 0 saturated heterocycles. The van der Waals surface area contributed by atoms with E-state index in [9.17, 15) is 0 Å². The van der Waals surface area contributed by atoms with Gasteiger partial charge in [-0.3, -0.25) is 0 Å². The Labute approximate surface area is 115 Å². The molecule has 1 aromatic heterocycles. The number of nitrogens with zero attached hydrogens (tertiary/aromatic N) is 1. The first kappa shape index (κ1) is 14.1. The highest BCUT2D eigenvalue weighted by molar-refractivity contribution is 5.72. The molecule has 0 amide bonds. The first-order valence-electron chi connectivity index (χ1n) is 7.32. The Hall–Kier alpha value is -1.35. The minimum atomic E-state index is 0.443. The van der Waals surface area contributed by atoms with Crippen LogP contribution in [0.1, 0.15) is 39.5 Å². The van der Waals surface area contributed by atoms with Gasteiger partial charge in [-0.15, -0.1) is 0 Å². The quantitative estimate of drug-likeness (QED) is 0.823. The van der Waals surface area contributed by atoms with Crippen LogP contribution in [0.4, 0.5) is 0 Å². The Kier molecular flexibility index (Phi) is 4.97. The molecule has 2 unspecified atom stereocenters. The molecule has 2 rings (SSSR count). The van der Waals surface area contributed by atoms with Crippen LogP contribution >= 0.6 is 0 Å². The maximum atomic E-state index is 5.82. The summed E-state index contributed by atoms with van der Waals surface area (Å²) >= 11 is 0. The van der Waals surface area contributed by atoms with Gasteiger partial charge in [-0.1, -0.05) is 39.3 Å². The lowest BCUT2D eigenvalue weighted by atomic mass is 9.96. The van der Waals surface area contributed by atoms with Gasteiger partial charge in [-0.2, -0.15) is 0 Å². The molecule has 19 heavy (non-hydrogen) atoms. The predicted octanol–water partition coefficient (Wildman–Crippen LogP) is 3.78. The molecule has 1 heterocycles. The van der Waals surface area contributed by atoms with E-state index in [1.165, 1.54) is 6.42 Å². The summed E-state index contributed by atoms with van der Waals surface area (Å²) in [6.07, 6.45) is 3.19. The van der Waals surface area contributed by atoms with E-state index in [0.717, 1.165) is 36.4 Å². The predicted molar refractivity (Wildman–Crippen MR) is 79.2 cm³/mol. The lowest BCUT2D eigenvalue weighted by Crippen LogP contribution is -2.37. The summed E-state index contributed by atoms with van der Waals surface area (Å²) in [4.78, 5) is 4.57. The number of hydrogen-bond acceptors (Lipinski definition) is 3. The van der Waals surface area contributed by atoms with Crippen molar-refractivity contribution in [1.82, 2.24) is 10.3 Å². The van der Waals surface area contributed by atoms with Crippen molar-refractivity contribution in [2.24, 2.45) is 5.92 Å². The Bertz CT molecular complexity index is 473. The van der Waals surface area contributed by atoms with Gasteiger partial charge in [0.25, 0.3) is 0 Å². The Morgan fingerprint density at radius 1 is 1.26 bits per heavy atom. The van der Waals surface area contributed by atoms with E-state index in [1.54, 1.807) is 0 Å². The molecule has 1 N–H and O–H groups in total. The fraction of sp³-hybridized carbons (Fsp3) is 0.562. The number of para-hydroxylation sites is 2. The van der Waals surface area contributed by atoms with Gasteiger partial charge in [0, 0.05) is 12.5 Å². The largest absolute Gasteiger partial charge is 0.441 e. The molecule has 0 saturated carbocycles. The zero-order valence-electron chi connectivity index (χ0n) is 12.1. The monoisotopic (exact) mass is 260 g/mol. The minimum Gasteiger partial charge on any atom is -0.441 e. The van der Waals surface area contributed by atoms with Crippen molar-refractivity contribution in [3.05, 3.63) is 30.2 Å². The zero-order valence-corrected chi connectivity index (χ0v) is 12.1. The van der Waals surface area contributed by atoms with Crippen LogP contribution in [0.25, 0.3) is 11.1 Å². The second-order valence-electron chi connectivity index (χ2n) is 5.23. The molecule has 0 spiro atoms. The normalized spacial score (nSPS) is 14.7. The van der Waals surface area contributed by atoms with Crippen LogP contribution in [0, 0.1) is 5.92 Å². The van der Waals surface area contributed by atoms with Gasteiger partial charge in [0.05, 0.1) is 0 Å². The molecule has 2 aromatic rings. The average Bonchev–Trinajstić information content (AvgIpc) is 2.84. The summed E-state index contributed by atoms with van der Waals surface area (Å²) in [6, 6.07) is 8.40. The second-order valence-corrected chi connectivity index (χ2v) is 5.23. The van der Waals surface area contributed by atoms with E-state index in [0.29, 0.717) is 12.0 Å². The third-order valence-electron chi connectivity index (χ3n) is 3.72. The fourth-order valence-corrected chi connectivity index (χ4v) is 2.28. The molecular weight excluding hydrogens is 236 g/mol. The first-order valence-corrected chi connectivity index (χ1v) is 7.32. The molecular formula is C16H24N2O.